The molecule has 8 rings (SSSR count). The second-order valence-corrected chi connectivity index (χ2v) is 12.3. The highest BCUT2D eigenvalue weighted by molar-refractivity contribution is 5.88. The fraction of sp³-hybridized carbons (Fsp3) is 0. The molecule has 0 atom stereocenters. The van der Waals surface area contributed by atoms with Crippen LogP contribution >= 0.6 is 0 Å². The summed E-state index contributed by atoms with van der Waals surface area (Å²) in [6, 6.07) is 62.9. The fourth-order valence-corrected chi connectivity index (χ4v) is 6.33. The molecule has 0 spiro atoms. The normalized spacial score (nSPS) is 10.7. The fourth-order valence-electron chi connectivity index (χ4n) is 6.33. The van der Waals surface area contributed by atoms with Crippen molar-refractivity contribution in [2.75, 3.05) is 0 Å². The molecule has 1 heterocycles. The predicted molar refractivity (Wildman–Crippen MR) is 207 cm³/mol. The third-order valence-corrected chi connectivity index (χ3v) is 9.02. The van der Waals surface area contributed by atoms with E-state index < -0.39 is 0 Å². The van der Waals surface area contributed by atoms with Gasteiger partial charge >= 0.3 is 0 Å². The van der Waals surface area contributed by atoms with E-state index in [2.05, 4.69) is 78.9 Å². The van der Waals surface area contributed by atoms with Crippen LogP contribution in [0.3, 0.4) is 0 Å². The van der Waals surface area contributed by atoms with Crippen LogP contribution in [0.15, 0.2) is 176 Å². The van der Waals surface area contributed by atoms with Crippen LogP contribution in [-0.2, 0) is 0 Å². The molecule has 52 heavy (non-hydrogen) atoms. The predicted octanol–water partition coefficient (Wildman–Crippen LogP) is 11.3. The van der Waals surface area contributed by atoms with Crippen molar-refractivity contribution >= 4 is 0 Å². The zero-order valence-electron chi connectivity index (χ0n) is 28.0. The molecule has 5 heteroatoms. The van der Waals surface area contributed by atoms with Gasteiger partial charge in [0.15, 0.2) is 17.5 Å². The number of hydrogen-bond donors (Lipinski definition) is 0. The third kappa shape index (κ3) is 6.59. The molecule has 0 radical (unpaired) electrons. The second kappa shape index (κ2) is 14.2. The summed E-state index contributed by atoms with van der Waals surface area (Å²) >= 11 is 0. The summed E-state index contributed by atoms with van der Waals surface area (Å²) in [5, 5.41) is 19.2. The minimum absolute atomic E-state index is 0.586. The van der Waals surface area contributed by atoms with Gasteiger partial charge in [0.2, 0.25) is 0 Å². The maximum absolute atomic E-state index is 9.63. The van der Waals surface area contributed by atoms with Gasteiger partial charge in [0.1, 0.15) is 0 Å². The average Bonchev–Trinajstić information content (AvgIpc) is 3.24. The Labute approximate surface area is 302 Å². The van der Waals surface area contributed by atoms with E-state index in [-0.39, 0.29) is 0 Å². The average molecular weight is 664 g/mol. The summed E-state index contributed by atoms with van der Waals surface area (Å²) in [6.07, 6.45) is 0. The van der Waals surface area contributed by atoms with Crippen molar-refractivity contribution in [3.8, 4) is 90.8 Å². The van der Waals surface area contributed by atoms with Crippen LogP contribution in [0.2, 0.25) is 0 Å². The van der Waals surface area contributed by atoms with E-state index in [1.54, 1.807) is 12.1 Å². The van der Waals surface area contributed by atoms with Gasteiger partial charge in [-0.15, -0.1) is 0 Å². The Morgan fingerprint density at radius 2 is 0.654 bits per heavy atom. The van der Waals surface area contributed by atoms with Gasteiger partial charge in [0.05, 0.1) is 23.3 Å². The van der Waals surface area contributed by atoms with Crippen molar-refractivity contribution in [2.24, 2.45) is 0 Å². The Hall–Kier alpha value is -7.47. The SMILES string of the molecule is N#Cc1cccc(-c2ccc(-c3ccc(-c4nc(-c5ccccc5)nc(-c5ccc(-c6ccccc6)cc5)n4)cc3)cc2-c2cccc(C#N)c2)c1. The summed E-state index contributed by atoms with van der Waals surface area (Å²) in [5.41, 5.74) is 12.0. The minimum Gasteiger partial charge on any atom is -0.208 e. The van der Waals surface area contributed by atoms with Crippen LogP contribution in [0.25, 0.3) is 78.7 Å². The Kier molecular flexibility index (Phi) is 8.66. The molecule has 0 aliphatic carbocycles. The van der Waals surface area contributed by atoms with E-state index in [9.17, 15) is 10.5 Å². The summed E-state index contributed by atoms with van der Waals surface area (Å²) in [4.78, 5) is 14.8. The van der Waals surface area contributed by atoms with Gasteiger partial charge in [-0.05, 0) is 74.8 Å². The molecule has 0 aliphatic heterocycles. The smallest absolute Gasteiger partial charge is 0.164 e. The highest BCUT2D eigenvalue weighted by atomic mass is 15.0. The Morgan fingerprint density at radius 3 is 1.15 bits per heavy atom. The van der Waals surface area contributed by atoms with E-state index in [1.165, 1.54) is 0 Å². The first-order chi connectivity index (χ1) is 25.6. The van der Waals surface area contributed by atoms with Crippen molar-refractivity contribution in [1.82, 2.24) is 15.0 Å². The van der Waals surface area contributed by atoms with E-state index in [0.29, 0.717) is 28.6 Å². The molecule has 0 fully saturated rings. The first-order valence-corrected chi connectivity index (χ1v) is 16.9. The van der Waals surface area contributed by atoms with Crippen molar-refractivity contribution in [3.05, 3.63) is 187 Å². The number of nitriles is 2. The quantitative estimate of drug-likeness (QED) is 0.169. The zero-order chi connectivity index (χ0) is 35.3. The lowest BCUT2D eigenvalue weighted by atomic mass is 9.90. The van der Waals surface area contributed by atoms with Crippen LogP contribution in [0.1, 0.15) is 11.1 Å². The van der Waals surface area contributed by atoms with Gasteiger partial charge in [-0.3, -0.25) is 0 Å². The molecule has 1 aromatic heterocycles. The molecular formula is C47H29N5. The van der Waals surface area contributed by atoms with Crippen molar-refractivity contribution in [2.45, 2.75) is 0 Å². The number of hydrogen-bond acceptors (Lipinski definition) is 5. The van der Waals surface area contributed by atoms with Crippen molar-refractivity contribution < 1.29 is 0 Å². The molecule has 242 valence electrons. The first kappa shape index (κ1) is 31.8. The number of rotatable bonds is 7. The summed E-state index contributed by atoms with van der Waals surface area (Å²) in [6.45, 7) is 0. The number of benzene rings is 7. The van der Waals surface area contributed by atoms with Crippen LogP contribution in [-0.4, -0.2) is 15.0 Å². The van der Waals surface area contributed by atoms with Crippen molar-refractivity contribution in [3.63, 3.8) is 0 Å². The maximum Gasteiger partial charge on any atom is 0.164 e. The number of nitrogens with zero attached hydrogens (tertiary/aromatic N) is 5. The van der Waals surface area contributed by atoms with E-state index in [4.69, 9.17) is 15.0 Å². The maximum atomic E-state index is 9.63. The molecule has 0 aliphatic rings. The van der Waals surface area contributed by atoms with Crippen LogP contribution in [0.4, 0.5) is 0 Å². The van der Waals surface area contributed by atoms with Crippen molar-refractivity contribution in [1.29, 1.82) is 10.5 Å². The highest BCUT2D eigenvalue weighted by Crippen LogP contribution is 2.37. The van der Waals surface area contributed by atoms with E-state index >= 15 is 0 Å². The molecule has 7 aromatic carbocycles. The lowest BCUT2D eigenvalue weighted by Gasteiger charge is -2.14. The standard InChI is InChI=1S/C47H29N5/c48-30-32-9-7-15-41(27-32)43-26-25-40(29-44(43)42-16-8-10-33(28-42)31-49)36-19-23-39(24-20-36)47-51-45(37-13-5-2-6-14-37)50-46(52-47)38-21-17-35(18-22-38)34-11-3-1-4-12-34/h1-29H. The molecule has 5 nitrogen and oxygen atoms in total. The van der Waals surface area contributed by atoms with Gasteiger partial charge in [0.25, 0.3) is 0 Å². The summed E-state index contributed by atoms with van der Waals surface area (Å²) in [7, 11) is 0. The van der Waals surface area contributed by atoms with Gasteiger partial charge < -0.3 is 0 Å². The molecule has 0 saturated carbocycles. The third-order valence-electron chi connectivity index (χ3n) is 9.02. The van der Waals surface area contributed by atoms with Gasteiger partial charge in [-0.1, -0.05) is 146 Å². The Balaban J connectivity index is 1.18. The lowest BCUT2D eigenvalue weighted by molar-refractivity contribution is 1.07. The molecule has 8 aromatic rings. The number of aromatic nitrogens is 3. The Bertz CT molecular complexity index is 2620. The first-order valence-electron chi connectivity index (χ1n) is 16.9. The zero-order valence-corrected chi connectivity index (χ0v) is 28.0. The van der Waals surface area contributed by atoms with Gasteiger partial charge in [-0.2, -0.15) is 10.5 Å². The summed E-state index contributed by atoms with van der Waals surface area (Å²) in [5.74, 6) is 1.80. The van der Waals surface area contributed by atoms with Crippen LogP contribution in [0, 0.1) is 22.7 Å². The van der Waals surface area contributed by atoms with Gasteiger partial charge in [-0.25, -0.2) is 15.0 Å². The minimum atomic E-state index is 0.586. The molecule has 0 amide bonds. The largest absolute Gasteiger partial charge is 0.208 e. The topological polar surface area (TPSA) is 86.2 Å². The van der Waals surface area contributed by atoms with Crippen LogP contribution < -0.4 is 0 Å². The van der Waals surface area contributed by atoms with Crippen LogP contribution in [0.5, 0.6) is 0 Å². The van der Waals surface area contributed by atoms with E-state index in [1.807, 2.05) is 97.1 Å². The van der Waals surface area contributed by atoms with E-state index in [0.717, 1.165) is 61.2 Å². The molecule has 0 bridgehead atoms. The molecule has 0 saturated heterocycles. The molecular weight excluding hydrogens is 635 g/mol. The monoisotopic (exact) mass is 663 g/mol. The highest BCUT2D eigenvalue weighted by Gasteiger charge is 2.15. The molecule has 0 unspecified atom stereocenters. The summed E-state index contributed by atoms with van der Waals surface area (Å²) < 4.78 is 0. The molecule has 0 N–H and O–H groups in total. The van der Waals surface area contributed by atoms with Gasteiger partial charge in [0, 0.05) is 16.7 Å². The Morgan fingerprint density at radius 1 is 0.288 bits per heavy atom. The lowest BCUT2D eigenvalue weighted by Crippen LogP contribution is -2.00. The second-order valence-electron chi connectivity index (χ2n) is 12.3.